The lowest BCUT2D eigenvalue weighted by Crippen LogP contribution is -2.13. The van der Waals surface area contributed by atoms with Crippen molar-refractivity contribution < 1.29 is 14.2 Å². The zero-order valence-electron chi connectivity index (χ0n) is 15.2. The molecule has 29 heavy (non-hydrogen) atoms. The summed E-state index contributed by atoms with van der Waals surface area (Å²) in [6.07, 6.45) is 0. The van der Waals surface area contributed by atoms with Crippen molar-refractivity contribution in [3.05, 3.63) is 81.4 Å². The van der Waals surface area contributed by atoms with E-state index in [4.69, 9.17) is 4.52 Å². The molecule has 0 aliphatic carbocycles. The molecule has 2 aromatic carbocycles. The zero-order valence-corrected chi connectivity index (χ0v) is 16.0. The highest BCUT2D eigenvalue weighted by Crippen LogP contribution is 2.29. The normalized spacial score (nSPS) is 10.7. The molecule has 4 aromatic rings. The molecule has 0 aliphatic rings. The molecule has 9 heteroatoms. The minimum atomic E-state index is -0.456. The van der Waals surface area contributed by atoms with E-state index in [1.54, 1.807) is 24.4 Å². The van der Waals surface area contributed by atoms with Gasteiger partial charge in [-0.2, -0.15) is 0 Å². The monoisotopic (exact) mass is 406 g/mol. The number of hydrogen-bond donors (Lipinski definition) is 1. The number of hydrogen-bond acceptors (Lipinski definition) is 7. The molecule has 0 unspecified atom stereocenters. The SMILES string of the molecule is Cc1onc(-c2ccccc2)c1C(=O)Nc1nc(-c2ccc([N+](=O)[O-])cc2)cs1. The van der Waals surface area contributed by atoms with Crippen LogP contribution in [0.1, 0.15) is 16.1 Å². The lowest BCUT2D eigenvalue weighted by molar-refractivity contribution is -0.384. The number of carbonyl (C=O) groups excluding carboxylic acids is 1. The maximum absolute atomic E-state index is 12.8. The van der Waals surface area contributed by atoms with Crippen LogP contribution in [0.5, 0.6) is 0 Å². The second kappa shape index (κ2) is 7.64. The summed E-state index contributed by atoms with van der Waals surface area (Å²) in [5.74, 6) is 0.0423. The summed E-state index contributed by atoms with van der Waals surface area (Å²) in [6, 6.07) is 15.4. The van der Waals surface area contributed by atoms with E-state index in [0.717, 1.165) is 11.1 Å². The number of aryl methyl sites for hydroxylation is 1. The van der Waals surface area contributed by atoms with E-state index in [9.17, 15) is 14.9 Å². The Morgan fingerprint density at radius 3 is 2.52 bits per heavy atom. The van der Waals surface area contributed by atoms with Gasteiger partial charge in [0.05, 0.1) is 10.6 Å². The van der Waals surface area contributed by atoms with Gasteiger partial charge in [0, 0.05) is 28.6 Å². The van der Waals surface area contributed by atoms with Gasteiger partial charge in [-0.15, -0.1) is 11.3 Å². The Hall–Kier alpha value is -3.85. The van der Waals surface area contributed by atoms with E-state index in [2.05, 4.69) is 15.5 Å². The van der Waals surface area contributed by atoms with Crippen LogP contribution in [0.2, 0.25) is 0 Å². The van der Waals surface area contributed by atoms with Crippen LogP contribution < -0.4 is 5.32 Å². The Balaban J connectivity index is 1.56. The van der Waals surface area contributed by atoms with E-state index < -0.39 is 4.92 Å². The minimum Gasteiger partial charge on any atom is -0.360 e. The smallest absolute Gasteiger partial charge is 0.269 e. The Bertz CT molecular complexity index is 1180. The number of nitrogens with zero attached hydrogens (tertiary/aromatic N) is 3. The van der Waals surface area contributed by atoms with Gasteiger partial charge in [-0.05, 0) is 19.1 Å². The summed E-state index contributed by atoms with van der Waals surface area (Å²) >= 11 is 1.26. The predicted molar refractivity (Wildman–Crippen MR) is 109 cm³/mol. The lowest BCUT2D eigenvalue weighted by atomic mass is 10.1. The summed E-state index contributed by atoms with van der Waals surface area (Å²) in [7, 11) is 0. The standard InChI is InChI=1S/C20H14N4O4S/c1-12-17(18(23-28-12)14-5-3-2-4-6-14)19(25)22-20-21-16(11-29-20)13-7-9-15(10-8-13)24(26)27/h2-11H,1H3,(H,21,22,25). The first-order valence-electron chi connectivity index (χ1n) is 8.56. The van der Waals surface area contributed by atoms with Crippen molar-refractivity contribution in [3.63, 3.8) is 0 Å². The third-order valence-corrected chi connectivity index (χ3v) is 4.99. The number of carbonyl (C=O) groups is 1. The van der Waals surface area contributed by atoms with E-state index in [-0.39, 0.29) is 11.6 Å². The predicted octanol–water partition coefficient (Wildman–Crippen LogP) is 4.93. The van der Waals surface area contributed by atoms with Gasteiger partial charge in [0.2, 0.25) is 0 Å². The van der Waals surface area contributed by atoms with Gasteiger partial charge in [-0.25, -0.2) is 4.98 Å². The number of nitro groups is 1. The van der Waals surface area contributed by atoms with Crippen LogP contribution in [-0.2, 0) is 0 Å². The molecule has 8 nitrogen and oxygen atoms in total. The number of amides is 1. The van der Waals surface area contributed by atoms with Crippen molar-refractivity contribution in [2.45, 2.75) is 6.92 Å². The van der Waals surface area contributed by atoms with Crippen LogP contribution in [0.25, 0.3) is 22.5 Å². The van der Waals surface area contributed by atoms with Gasteiger partial charge in [-0.3, -0.25) is 20.2 Å². The second-order valence-corrected chi connectivity index (χ2v) is 6.98. The molecular weight excluding hydrogens is 392 g/mol. The zero-order chi connectivity index (χ0) is 20.4. The third-order valence-electron chi connectivity index (χ3n) is 4.24. The molecule has 0 saturated heterocycles. The molecule has 144 valence electrons. The first-order valence-corrected chi connectivity index (χ1v) is 9.44. The van der Waals surface area contributed by atoms with E-state index >= 15 is 0 Å². The van der Waals surface area contributed by atoms with Crippen LogP contribution >= 0.6 is 11.3 Å². The fourth-order valence-electron chi connectivity index (χ4n) is 2.81. The van der Waals surface area contributed by atoms with Crippen LogP contribution in [0.4, 0.5) is 10.8 Å². The molecule has 0 aliphatic heterocycles. The number of rotatable bonds is 5. The summed E-state index contributed by atoms with van der Waals surface area (Å²) in [6.45, 7) is 1.68. The Kier molecular flexibility index (Phi) is 4.88. The minimum absolute atomic E-state index is 0.00822. The van der Waals surface area contributed by atoms with Crippen molar-refractivity contribution in [1.82, 2.24) is 10.1 Å². The summed E-state index contributed by atoms with van der Waals surface area (Å²) in [5.41, 5.74) is 2.94. The molecule has 0 bridgehead atoms. The summed E-state index contributed by atoms with van der Waals surface area (Å²) < 4.78 is 5.23. The Morgan fingerprint density at radius 2 is 1.83 bits per heavy atom. The molecule has 1 amide bonds. The topological polar surface area (TPSA) is 111 Å². The van der Waals surface area contributed by atoms with E-state index in [1.165, 1.54) is 23.5 Å². The maximum Gasteiger partial charge on any atom is 0.269 e. The highest BCUT2D eigenvalue weighted by atomic mass is 32.1. The number of aromatic nitrogens is 2. The van der Waals surface area contributed by atoms with Gasteiger partial charge in [0.25, 0.3) is 11.6 Å². The largest absolute Gasteiger partial charge is 0.360 e. The van der Waals surface area contributed by atoms with Gasteiger partial charge in [-0.1, -0.05) is 35.5 Å². The number of non-ortho nitro benzene ring substituents is 1. The highest BCUT2D eigenvalue weighted by molar-refractivity contribution is 7.14. The van der Waals surface area contributed by atoms with Crippen LogP contribution in [0.3, 0.4) is 0 Å². The average molecular weight is 406 g/mol. The highest BCUT2D eigenvalue weighted by Gasteiger charge is 2.22. The fourth-order valence-corrected chi connectivity index (χ4v) is 3.52. The molecule has 0 saturated carbocycles. The molecule has 0 atom stereocenters. The molecule has 1 N–H and O–H groups in total. The van der Waals surface area contributed by atoms with Gasteiger partial charge < -0.3 is 4.52 Å². The van der Waals surface area contributed by atoms with Crippen LogP contribution in [0, 0.1) is 17.0 Å². The quantitative estimate of drug-likeness (QED) is 0.371. The van der Waals surface area contributed by atoms with Crippen molar-refractivity contribution in [2.24, 2.45) is 0 Å². The first-order chi connectivity index (χ1) is 14.0. The van der Waals surface area contributed by atoms with Gasteiger partial charge in [0.15, 0.2) is 5.13 Å². The van der Waals surface area contributed by atoms with Crippen molar-refractivity contribution in [2.75, 3.05) is 5.32 Å². The maximum atomic E-state index is 12.8. The molecule has 2 aromatic heterocycles. The summed E-state index contributed by atoms with van der Waals surface area (Å²) in [5, 5.41) is 19.7. The molecule has 2 heterocycles. The van der Waals surface area contributed by atoms with Crippen molar-refractivity contribution in [3.8, 4) is 22.5 Å². The van der Waals surface area contributed by atoms with Crippen LogP contribution in [0.15, 0.2) is 64.5 Å². The fraction of sp³-hybridized carbons (Fsp3) is 0.0500. The molecule has 4 rings (SSSR count). The second-order valence-electron chi connectivity index (χ2n) is 6.12. The Labute approximate surface area is 169 Å². The van der Waals surface area contributed by atoms with E-state index in [0.29, 0.717) is 27.8 Å². The lowest BCUT2D eigenvalue weighted by Gasteiger charge is -2.03. The molecule has 0 spiro atoms. The molecule has 0 radical (unpaired) electrons. The number of nitro benzene ring substituents is 1. The van der Waals surface area contributed by atoms with Crippen molar-refractivity contribution in [1.29, 1.82) is 0 Å². The number of benzene rings is 2. The molecule has 0 fully saturated rings. The number of anilines is 1. The summed E-state index contributed by atoms with van der Waals surface area (Å²) in [4.78, 5) is 27.6. The van der Waals surface area contributed by atoms with Crippen LogP contribution in [-0.4, -0.2) is 21.0 Å². The van der Waals surface area contributed by atoms with Crippen molar-refractivity contribution >= 4 is 28.1 Å². The number of nitrogens with one attached hydrogen (secondary N) is 1. The first kappa shape index (κ1) is 18.5. The van der Waals surface area contributed by atoms with Gasteiger partial charge >= 0.3 is 0 Å². The number of thiazole rings is 1. The van der Waals surface area contributed by atoms with Gasteiger partial charge in [0.1, 0.15) is 17.0 Å². The van der Waals surface area contributed by atoms with E-state index in [1.807, 2.05) is 30.3 Å². The Morgan fingerprint density at radius 1 is 1.10 bits per heavy atom. The molecular formula is C20H14N4O4S. The third kappa shape index (κ3) is 3.76. The average Bonchev–Trinajstić information content (AvgIpc) is 3.35.